The van der Waals surface area contributed by atoms with E-state index in [-0.39, 0.29) is 4.65 Å². The molecule has 28 heavy (non-hydrogen) atoms. The van der Waals surface area contributed by atoms with Gasteiger partial charge in [0.05, 0.1) is 30.2 Å². The highest BCUT2D eigenvalue weighted by molar-refractivity contribution is 5.97. The molecular formula is C21H26N2O5. The van der Waals surface area contributed by atoms with Gasteiger partial charge in [0.1, 0.15) is 23.5 Å². The quantitative estimate of drug-likeness (QED) is 0.523. The van der Waals surface area contributed by atoms with E-state index in [1.165, 1.54) is 0 Å². The predicted molar refractivity (Wildman–Crippen MR) is 99.4 cm³/mol. The number of likely N-dealkylation sites (tertiary alicyclic amines) is 1. The summed E-state index contributed by atoms with van der Waals surface area (Å²) in [6, 6.07) is 3.07. The molecule has 0 aromatic heterocycles. The lowest BCUT2D eigenvalue weighted by molar-refractivity contribution is -0.924. The van der Waals surface area contributed by atoms with Crippen molar-refractivity contribution < 1.29 is 24.4 Å². The fourth-order valence-electron chi connectivity index (χ4n) is 6.94. The summed E-state index contributed by atoms with van der Waals surface area (Å²) in [5.74, 6) is 0.307. The number of hydrogen-bond acceptors (Lipinski definition) is 5. The van der Waals surface area contributed by atoms with Crippen molar-refractivity contribution in [2.75, 3.05) is 13.1 Å². The number of aliphatic hydroxyl groups is 2. The maximum absolute atomic E-state index is 14.0. The summed E-state index contributed by atoms with van der Waals surface area (Å²) in [7, 11) is 0. The number of ether oxygens (including phenoxy) is 1. The Labute approximate surface area is 163 Å². The van der Waals surface area contributed by atoms with E-state index in [4.69, 9.17) is 10.5 Å². The van der Waals surface area contributed by atoms with Gasteiger partial charge in [-0.2, -0.15) is 0 Å². The van der Waals surface area contributed by atoms with E-state index in [2.05, 4.69) is 0 Å². The van der Waals surface area contributed by atoms with Gasteiger partial charge in [-0.1, -0.05) is 6.07 Å². The van der Waals surface area contributed by atoms with Crippen LogP contribution in [0.2, 0.25) is 0 Å². The number of primary amides is 1. The van der Waals surface area contributed by atoms with Crippen LogP contribution >= 0.6 is 0 Å². The first-order valence-electron chi connectivity index (χ1n) is 10.4. The van der Waals surface area contributed by atoms with Crippen LogP contribution in [0.3, 0.4) is 0 Å². The number of nitrogens with two attached hydrogens (primary N) is 1. The van der Waals surface area contributed by atoms with E-state index in [0.29, 0.717) is 56.0 Å². The number of hydroxylamine groups is 3. The molecule has 1 aromatic rings. The number of hydrogen-bond donors (Lipinski definition) is 3. The van der Waals surface area contributed by atoms with Crippen LogP contribution in [0.1, 0.15) is 53.6 Å². The molecule has 6 rings (SSSR count). The first-order valence-corrected chi connectivity index (χ1v) is 10.4. The van der Waals surface area contributed by atoms with Crippen molar-refractivity contribution in [3.8, 4) is 5.75 Å². The minimum absolute atomic E-state index is 0.293. The predicted octanol–water partition coefficient (Wildman–Crippen LogP) is 0.723. The molecule has 6 atom stereocenters. The standard InChI is InChI=1S/C21H26N2O5/c22-19(25)13-4-3-12-9-15-21(26)6-5-14(24)18-20(21,16(12)17(13)28-18)7-8-23(15,27)10-11-1-2-11/h3-4,11,14-15,18,24,26H,1-2,5-10H2,(H2,22,25)/t14-,15+,18-,20-,21+,23?/m0/s1. The Morgan fingerprint density at radius 3 is 2.82 bits per heavy atom. The van der Waals surface area contributed by atoms with E-state index in [1.54, 1.807) is 6.07 Å². The Bertz CT molecular complexity index is 901. The van der Waals surface area contributed by atoms with Crippen LogP contribution < -0.4 is 10.5 Å². The first kappa shape index (κ1) is 17.2. The Kier molecular flexibility index (Phi) is 3.12. The molecular weight excluding hydrogens is 360 g/mol. The summed E-state index contributed by atoms with van der Waals surface area (Å²) in [6.07, 6.45) is 2.52. The van der Waals surface area contributed by atoms with E-state index in [9.17, 15) is 20.2 Å². The van der Waals surface area contributed by atoms with Crippen LogP contribution in [0, 0.1) is 11.1 Å². The zero-order valence-corrected chi connectivity index (χ0v) is 15.8. The summed E-state index contributed by atoms with van der Waals surface area (Å²) >= 11 is 0. The lowest BCUT2D eigenvalue weighted by Gasteiger charge is -2.67. The minimum atomic E-state index is -1.24. The fourth-order valence-corrected chi connectivity index (χ4v) is 6.94. The number of piperidine rings is 1. The second kappa shape index (κ2) is 5.08. The molecule has 5 aliphatic rings. The summed E-state index contributed by atoms with van der Waals surface area (Å²) in [4.78, 5) is 12.0. The number of carbonyl (C=O) groups excluding carboxylic acids is 1. The lowest BCUT2D eigenvalue weighted by Crippen LogP contribution is -2.80. The van der Waals surface area contributed by atoms with Gasteiger partial charge in [0.25, 0.3) is 5.91 Å². The smallest absolute Gasteiger partial charge is 0.252 e. The third kappa shape index (κ3) is 1.82. The van der Waals surface area contributed by atoms with E-state index in [0.717, 1.165) is 24.0 Å². The highest BCUT2D eigenvalue weighted by atomic mass is 16.6. The molecule has 3 fully saturated rings. The van der Waals surface area contributed by atoms with Gasteiger partial charge in [-0.3, -0.25) is 4.79 Å². The van der Waals surface area contributed by atoms with Gasteiger partial charge in [-0.05, 0) is 37.3 Å². The molecule has 1 spiro atoms. The molecule has 7 heteroatoms. The molecule has 1 unspecified atom stereocenters. The van der Waals surface area contributed by atoms with Gasteiger partial charge in [-0.15, -0.1) is 0 Å². The maximum atomic E-state index is 14.0. The molecule has 150 valence electrons. The van der Waals surface area contributed by atoms with Gasteiger partial charge < -0.3 is 30.5 Å². The topological polar surface area (TPSA) is 116 Å². The van der Waals surface area contributed by atoms with Gasteiger partial charge >= 0.3 is 0 Å². The van der Waals surface area contributed by atoms with Crippen molar-refractivity contribution in [1.82, 2.24) is 0 Å². The van der Waals surface area contributed by atoms with Gasteiger partial charge in [0, 0.05) is 24.3 Å². The Morgan fingerprint density at radius 1 is 1.32 bits per heavy atom. The number of nitrogens with zero attached hydrogens (tertiary/aromatic N) is 1. The van der Waals surface area contributed by atoms with Gasteiger partial charge in [0.15, 0.2) is 0 Å². The van der Waals surface area contributed by atoms with Crippen LogP contribution in [0.25, 0.3) is 0 Å². The number of amides is 1. The van der Waals surface area contributed by atoms with Crippen molar-refractivity contribution >= 4 is 5.91 Å². The van der Waals surface area contributed by atoms with E-state index in [1.807, 2.05) is 6.07 Å². The summed E-state index contributed by atoms with van der Waals surface area (Å²) in [5.41, 5.74) is 5.59. The van der Waals surface area contributed by atoms with Gasteiger partial charge in [0.2, 0.25) is 0 Å². The number of aliphatic hydroxyl groups excluding tert-OH is 1. The van der Waals surface area contributed by atoms with E-state index < -0.39 is 35.2 Å². The maximum Gasteiger partial charge on any atom is 0.252 e. The fraction of sp³-hybridized carbons (Fsp3) is 0.667. The van der Waals surface area contributed by atoms with Gasteiger partial charge in [-0.25, -0.2) is 0 Å². The van der Waals surface area contributed by atoms with Crippen LogP contribution in [0.5, 0.6) is 5.75 Å². The number of benzene rings is 1. The van der Waals surface area contributed by atoms with Crippen molar-refractivity contribution in [1.29, 1.82) is 0 Å². The average molecular weight is 386 g/mol. The molecule has 2 aliphatic heterocycles. The van der Waals surface area contributed by atoms with Crippen molar-refractivity contribution in [3.63, 3.8) is 0 Å². The summed E-state index contributed by atoms with van der Waals surface area (Å²) in [6.45, 7) is 0.981. The molecule has 2 saturated carbocycles. The molecule has 1 amide bonds. The normalized spacial score (nSPS) is 45.3. The average Bonchev–Trinajstić information content (AvgIpc) is 3.37. The molecule has 2 heterocycles. The Hall–Kier alpha value is -1.67. The second-order valence-corrected chi connectivity index (χ2v) is 9.65. The molecule has 3 aliphatic carbocycles. The summed E-state index contributed by atoms with van der Waals surface area (Å²) in [5, 5.41) is 36.9. The third-order valence-corrected chi connectivity index (χ3v) is 8.31. The lowest BCUT2D eigenvalue weighted by atomic mass is 9.48. The Balaban J connectivity index is 1.59. The minimum Gasteiger partial charge on any atom is -0.632 e. The van der Waals surface area contributed by atoms with Crippen LogP contribution in [0.4, 0.5) is 0 Å². The van der Waals surface area contributed by atoms with Crippen LogP contribution in [0.15, 0.2) is 12.1 Å². The van der Waals surface area contributed by atoms with Crippen LogP contribution in [-0.4, -0.2) is 57.7 Å². The second-order valence-electron chi connectivity index (χ2n) is 9.65. The molecule has 7 nitrogen and oxygen atoms in total. The van der Waals surface area contributed by atoms with E-state index >= 15 is 0 Å². The number of rotatable bonds is 3. The molecule has 1 saturated heterocycles. The highest BCUT2D eigenvalue weighted by Crippen LogP contribution is 2.65. The SMILES string of the molecule is NC(=O)c1ccc2c3c1O[C@H]1[C@@H](O)CC[C@@]4(O)[C@@H](C2)[N+]([O-])(CC2CC2)CC[C@]314. The molecule has 2 bridgehead atoms. The first-order chi connectivity index (χ1) is 13.3. The number of carbonyl (C=O) groups is 1. The molecule has 4 N–H and O–H groups in total. The zero-order chi connectivity index (χ0) is 19.5. The Morgan fingerprint density at radius 2 is 2.11 bits per heavy atom. The third-order valence-electron chi connectivity index (χ3n) is 8.31. The summed E-state index contributed by atoms with van der Waals surface area (Å²) < 4.78 is 5.84. The zero-order valence-electron chi connectivity index (χ0n) is 15.8. The van der Waals surface area contributed by atoms with Crippen molar-refractivity contribution in [2.45, 2.75) is 67.8 Å². The monoisotopic (exact) mass is 386 g/mol. The van der Waals surface area contributed by atoms with Crippen molar-refractivity contribution in [3.05, 3.63) is 34.0 Å². The van der Waals surface area contributed by atoms with Crippen molar-refractivity contribution in [2.24, 2.45) is 11.7 Å². The highest BCUT2D eigenvalue weighted by Gasteiger charge is 2.75. The van der Waals surface area contributed by atoms with Crippen LogP contribution in [-0.2, 0) is 11.8 Å². The molecule has 1 aromatic carbocycles. The molecule has 0 radical (unpaired) electrons. The number of quaternary nitrogens is 1. The largest absolute Gasteiger partial charge is 0.632 e.